The molecular weight excluding hydrogens is 368 g/mol. The number of carbonyl (C=O) groups is 1. The molecule has 9 heteroatoms. The minimum Gasteiger partial charge on any atom is -0.464 e. The van der Waals surface area contributed by atoms with E-state index in [1.165, 1.54) is 20.4 Å². The number of aromatic nitrogens is 1. The van der Waals surface area contributed by atoms with Crippen LogP contribution in [0.15, 0.2) is 17.1 Å². The van der Waals surface area contributed by atoms with Gasteiger partial charge in [-0.3, -0.25) is 4.99 Å². The molecule has 0 saturated heterocycles. The molecule has 1 aromatic carbocycles. The van der Waals surface area contributed by atoms with Gasteiger partial charge in [-0.05, 0) is 22.3 Å². The average Bonchev–Trinajstić information content (AvgIpc) is 3.08. The SMILES string of the molecule is COCc1c(C(=O)OC)[nH]c(/C=N/CO)c1-c1ccc(CO)c(CO)c1CO. The maximum atomic E-state index is 12.2. The zero-order chi connectivity index (χ0) is 20.7. The summed E-state index contributed by atoms with van der Waals surface area (Å²) in [6.07, 6.45) is 1.36. The number of nitrogens with one attached hydrogen (secondary N) is 1. The first-order valence-electron chi connectivity index (χ1n) is 8.47. The van der Waals surface area contributed by atoms with Crippen LogP contribution in [0.25, 0.3) is 11.1 Å². The smallest absolute Gasteiger partial charge is 0.354 e. The van der Waals surface area contributed by atoms with Crippen molar-refractivity contribution in [2.24, 2.45) is 4.99 Å². The van der Waals surface area contributed by atoms with E-state index in [4.69, 9.17) is 14.6 Å². The van der Waals surface area contributed by atoms with Crippen LogP contribution >= 0.6 is 0 Å². The van der Waals surface area contributed by atoms with Gasteiger partial charge in [0.2, 0.25) is 0 Å². The van der Waals surface area contributed by atoms with Crippen molar-refractivity contribution in [3.05, 3.63) is 45.8 Å². The van der Waals surface area contributed by atoms with Crippen LogP contribution in [-0.2, 0) is 35.9 Å². The van der Waals surface area contributed by atoms with Crippen molar-refractivity contribution in [2.75, 3.05) is 21.0 Å². The predicted octanol–water partition coefficient (Wildman–Crippen LogP) is 0.460. The lowest BCUT2D eigenvalue weighted by Crippen LogP contribution is -2.07. The minimum atomic E-state index is -0.614. The Morgan fingerprint density at radius 3 is 2.32 bits per heavy atom. The van der Waals surface area contributed by atoms with E-state index in [1.807, 2.05) is 0 Å². The van der Waals surface area contributed by atoms with Gasteiger partial charge in [-0.2, -0.15) is 0 Å². The largest absolute Gasteiger partial charge is 0.464 e. The standard InChI is InChI=1S/C19H24N2O7/c1-27-9-15-17(16(5-20-10-25)21-18(15)19(26)28-2)12-4-3-11(6-22)13(7-23)14(12)8-24/h3-5,21-25H,6-10H2,1-2H3/b20-5+. The Bertz CT molecular complexity index is 858. The highest BCUT2D eigenvalue weighted by Crippen LogP contribution is 2.36. The molecule has 0 aliphatic carbocycles. The Labute approximate surface area is 161 Å². The summed E-state index contributed by atoms with van der Waals surface area (Å²) in [5.41, 5.74) is 3.36. The Morgan fingerprint density at radius 1 is 1.07 bits per heavy atom. The van der Waals surface area contributed by atoms with Gasteiger partial charge in [-0.1, -0.05) is 12.1 Å². The number of rotatable bonds is 9. The summed E-state index contributed by atoms with van der Waals surface area (Å²) in [6.45, 7) is -1.48. The van der Waals surface area contributed by atoms with Gasteiger partial charge in [-0.15, -0.1) is 0 Å². The number of ether oxygens (including phenoxy) is 2. The second-order valence-electron chi connectivity index (χ2n) is 5.85. The topological polar surface area (TPSA) is 145 Å². The lowest BCUT2D eigenvalue weighted by Gasteiger charge is -2.17. The molecule has 1 aromatic heterocycles. The number of aliphatic hydroxyl groups excluding tert-OH is 4. The van der Waals surface area contributed by atoms with Gasteiger partial charge in [0.15, 0.2) is 0 Å². The molecule has 0 radical (unpaired) electrons. The molecule has 2 rings (SSSR count). The van der Waals surface area contributed by atoms with Crippen LogP contribution in [-0.4, -0.2) is 58.5 Å². The van der Waals surface area contributed by atoms with Crippen LogP contribution < -0.4 is 0 Å². The van der Waals surface area contributed by atoms with Crippen molar-refractivity contribution < 1.29 is 34.7 Å². The quantitative estimate of drug-likeness (QED) is 0.308. The molecule has 0 atom stereocenters. The number of methoxy groups -OCH3 is 2. The molecule has 5 N–H and O–H groups in total. The van der Waals surface area contributed by atoms with E-state index in [9.17, 15) is 20.1 Å². The molecule has 0 spiro atoms. The number of aromatic amines is 1. The van der Waals surface area contributed by atoms with Crippen LogP contribution in [0.2, 0.25) is 0 Å². The molecule has 9 nitrogen and oxygen atoms in total. The van der Waals surface area contributed by atoms with Crippen molar-refractivity contribution in [3.8, 4) is 11.1 Å². The van der Waals surface area contributed by atoms with Gasteiger partial charge in [0.05, 0.1) is 39.2 Å². The van der Waals surface area contributed by atoms with Gasteiger partial charge in [0, 0.05) is 24.5 Å². The summed E-state index contributed by atoms with van der Waals surface area (Å²) >= 11 is 0. The molecule has 2 aromatic rings. The summed E-state index contributed by atoms with van der Waals surface area (Å²) in [6, 6.07) is 3.31. The molecule has 0 aliphatic rings. The average molecular weight is 392 g/mol. The van der Waals surface area contributed by atoms with E-state index in [2.05, 4.69) is 9.98 Å². The van der Waals surface area contributed by atoms with Gasteiger partial charge in [-0.25, -0.2) is 4.79 Å². The summed E-state index contributed by atoms with van der Waals surface area (Å²) in [5.74, 6) is -0.614. The summed E-state index contributed by atoms with van der Waals surface area (Å²) < 4.78 is 10.1. The van der Waals surface area contributed by atoms with Gasteiger partial charge in [0.1, 0.15) is 12.4 Å². The molecule has 0 unspecified atom stereocenters. The van der Waals surface area contributed by atoms with Gasteiger partial charge in [0.25, 0.3) is 0 Å². The minimum absolute atomic E-state index is 0.0598. The number of H-pyrrole nitrogens is 1. The second-order valence-corrected chi connectivity index (χ2v) is 5.85. The van der Waals surface area contributed by atoms with Crippen LogP contribution in [0, 0.1) is 0 Å². The fraction of sp³-hybridized carbons (Fsp3) is 0.368. The van der Waals surface area contributed by atoms with E-state index in [0.29, 0.717) is 39.1 Å². The maximum absolute atomic E-state index is 12.2. The van der Waals surface area contributed by atoms with Gasteiger partial charge >= 0.3 is 5.97 Å². The van der Waals surface area contributed by atoms with E-state index in [-0.39, 0.29) is 25.5 Å². The van der Waals surface area contributed by atoms with Crippen molar-refractivity contribution >= 4 is 12.2 Å². The summed E-state index contributed by atoms with van der Waals surface area (Å²) in [4.78, 5) is 19.0. The number of aliphatic hydroxyl groups is 4. The Morgan fingerprint density at radius 2 is 1.79 bits per heavy atom. The molecular formula is C19H24N2O7. The monoisotopic (exact) mass is 392 g/mol. The lowest BCUT2D eigenvalue weighted by molar-refractivity contribution is 0.0590. The van der Waals surface area contributed by atoms with Crippen molar-refractivity contribution in [1.82, 2.24) is 4.98 Å². The highest BCUT2D eigenvalue weighted by atomic mass is 16.5. The summed E-state index contributed by atoms with van der Waals surface area (Å²) in [5, 5.41) is 38.3. The Kier molecular flexibility index (Phi) is 7.85. The fourth-order valence-electron chi connectivity index (χ4n) is 3.16. The third-order valence-electron chi connectivity index (χ3n) is 4.40. The fourth-order valence-corrected chi connectivity index (χ4v) is 3.16. The highest BCUT2D eigenvalue weighted by Gasteiger charge is 2.25. The molecule has 0 aliphatic heterocycles. The van der Waals surface area contributed by atoms with Gasteiger partial charge < -0.3 is 34.9 Å². The maximum Gasteiger partial charge on any atom is 0.354 e. The Hall–Kier alpha value is -2.56. The second kappa shape index (κ2) is 10.1. The molecule has 1 heterocycles. The number of carbonyl (C=O) groups excluding carboxylic acids is 1. The van der Waals surface area contributed by atoms with E-state index < -0.39 is 19.3 Å². The zero-order valence-electron chi connectivity index (χ0n) is 15.7. The molecule has 0 amide bonds. The van der Waals surface area contributed by atoms with E-state index >= 15 is 0 Å². The molecule has 152 valence electrons. The number of aliphatic imine (C=N–C) groups is 1. The van der Waals surface area contributed by atoms with Crippen molar-refractivity contribution in [1.29, 1.82) is 0 Å². The first-order valence-corrected chi connectivity index (χ1v) is 8.47. The third-order valence-corrected chi connectivity index (χ3v) is 4.40. The highest BCUT2D eigenvalue weighted by molar-refractivity contribution is 5.99. The number of hydrogen-bond donors (Lipinski definition) is 5. The molecule has 0 bridgehead atoms. The number of benzene rings is 1. The first kappa shape index (κ1) is 21.7. The van der Waals surface area contributed by atoms with Crippen molar-refractivity contribution in [2.45, 2.75) is 26.4 Å². The Balaban J connectivity index is 2.87. The summed E-state index contributed by atoms with van der Waals surface area (Å²) in [7, 11) is 2.72. The number of nitrogens with zero attached hydrogens (tertiary/aromatic N) is 1. The third kappa shape index (κ3) is 4.13. The van der Waals surface area contributed by atoms with Crippen LogP contribution in [0.3, 0.4) is 0 Å². The molecule has 0 saturated carbocycles. The normalized spacial score (nSPS) is 11.4. The molecule has 28 heavy (non-hydrogen) atoms. The molecule has 0 fully saturated rings. The number of esters is 1. The van der Waals surface area contributed by atoms with Crippen LogP contribution in [0.4, 0.5) is 0 Å². The predicted molar refractivity (Wildman–Crippen MR) is 101 cm³/mol. The van der Waals surface area contributed by atoms with E-state index in [0.717, 1.165) is 0 Å². The van der Waals surface area contributed by atoms with Crippen LogP contribution in [0.5, 0.6) is 0 Å². The first-order chi connectivity index (χ1) is 13.6. The zero-order valence-corrected chi connectivity index (χ0v) is 15.7. The number of hydrogen-bond acceptors (Lipinski definition) is 8. The van der Waals surface area contributed by atoms with Crippen molar-refractivity contribution in [3.63, 3.8) is 0 Å². The lowest BCUT2D eigenvalue weighted by atomic mass is 9.90. The van der Waals surface area contributed by atoms with Crippen LogP contribution in [0.1, 0.15) is 38.4 Å². The van der Waals surface area contributed by atoms with E-state index in [1.54, 1.807) is 12.1 Å².